The highest BCUT2D eigenvalue weighted by Gasteiger charge is 2.18. The van der Waals surface area contributed by atoms with Crippen LogP contribution in [0.4, 0.5) is 4.39 Å². The molecule has 0 atom stereocenters. The van der Waals surface area contributed by atoms with E-state index in [0.717, 1.165) is 0 Å². The highest BCUT2D eigenvalue weighted by Crippen LogP contribution is 2.21. The van der Waals surface area contributed by atoms with Crippen molar-refractivity contribution >= 4 is 21.8 Å². The van der Waals surface area contributed by atoms with Gasteiger partial charge in [-0.3, -0.25) is 4.79 Å². The Morgan fingerprint density at radius 1 is 1.44 bits per heavy atom. The van der Waals surface area contributed by atoms with Gasteiger partial charge in [-0.15, -0.1) is 0 Å². The zero-order chi connectivity index (χ0) is 13.5. The largest absolute Gasteiger partial charge is 0.380 e. The van der Waals surface area contributed by atoms with Crippen LogP contribution in [0, 0.1) is 5.82 Å². The minimum Gasteiger partial charge on any atom is -0.380 e. The number of hydrogen-bond donors (Lipinski definition) is 0. The van der Waals surface area contributed by atoms with Crippen LogP contribution in [-0.4, -0.2) is 37.1 Å². The van der Waals surface area contributed by atoms with Crippen molar-refractivity contribution in [3.63, 3.8) is 0 Å². The summed E-state index contributed by atoms with van der Waals surface area (Å²) < 4.78 is 18.8. The Labute approximate surface area is 115 Å². The van der Waals surface area contributed by atoms with Crippen molar-refractivity contribution in [1.29, 1.82) is 0 Å². The smallest absolute Gasteiger partial charge is 0.255 e. The minimum atomic E-state index is -0.429. The Morgan fingerprint density at radius 3 is 2.78 bits per heavy atom. The molecule has 3 nitrogen and oxygen atoms in total. The number of benzene rings is 1. The fourth-order valence-corrected chi connectivity index (χ4v) is 2.00. The summed E-state index contributed by atoms with van der Waals surface area (Å²) in [5, 5.41) is 0. The van der Waals surface area contributed by atoms with E-state index in [2.05, 4.69) is 15.9 Å². The zero-order valence-electron chi connectivity index (χ0n) is 10.6. The van der Waals surface area contributed by atoms with Crippen LogP contribution >= 0.6 is 15.9 Å². The first-order chi connectivity index (χ1) is 8.61. The van der Waals surface area contributed by atoms with Crippen molar-refractivity contribution in [2.24, 2.45) is 0 Å². The average Bonchev–Trinajstić information content (AvgIpc) is 2.37. The van der Waals surface area contributed by atoms with E-state index in [1.165, 1.54) is 12.1 Å². The number of halogens is 2. The summed E-state index contributed by atoms with van der Waals surface area (Å²) in [6.07, 6.45) is 0. The van der Waals surface area contributed by atoms with Crippen molar-refractivity contribution < 1.29 is 13.9 Å². The Hall–Kier alpha value is -0.940. The first-order valence-electron chi connectivity index (χ1n) is 5.92. The summed E-state index contributed by atoms with van der Waals surface area (Å²) in [6.45, 7) is 5.97. The topological polar surface area (TPSA) is 29.5 Å². The highest BCUT2D eigenvalue weighted by atomic mass is 79.9. The third kappa shape index (κ3) is 3.78. The molecule has 0 aliphatic rings. The van der Waals surface area contributed by atoms with Crippen molar-refractivity contribution in [1.82, 2.24) is 4.90 Å². The number of hydrogen-bond acceptors (Lipinski definition) is 2. The molecular weight excluding hydrogens is 301 g/mol. The predicted octanol–water partition coefficient (Wildman–Crippen LogP) is 3.09. The summed E-state index contributed by atoms with van der Waals surface area (Å²) in [4.78, 5) is 13.9. The lowest BCUT2D eigenvalue weighted by Crippen LogP contribution is -2.34. The third-order valence-electron chi connectivity index (χ3n) is 2.56. The van der Waals surface area contributed by atoms with E-state index < -0.39 is 5.82 Å². The predicted molar refractivity (Wildman–Crippen MR) is 72.2 cm³/mol. The van der Waals surface area contributed by atoms with Gasteiger partial charge in [-0.1, -0.05) is 6.07 Å². The van der Waals surface area contributed by atoms with Gasteiger partial charge in [-0.05, 0) is 41.9 Å². The maximum absolute atomic E-state index is 13.4. The Balaban J connectivity index is 2.80. The fraction of sp³-hybridized carbons (Fsp3) is 0.462. The molecule has 0 radical (unpaired) electrons. The highest BCUT2D eigenvalue weighted by molar-refractivity contribution is 9.10. The summed E-state index contributed by atoms with van der Waals surface area (Å²) >= 11 is 3.11. The quantitative estimate of drug-likeness (QED) is 0.755. The van der Waals surface area contributed by atoms with Gasteiger partial charge in [0.25, 0.3) is 5.91 Å². The third-order valence-corrected chi connectivity index (χ3v) is 3.37. The lowest BCUT2D eigenvalue weighted by Gasteiger charge is -2.21. The van der Waals surface area contributed by atoms with Gasteiger partial charge in [-0.25, -0.2) is 4.39 Å². The van der Waals surface area contributed by atoms with Crippen molar-refractivity contribution in [2.45, 2.75) is 13.8 Å². The zero-order valence-corrected chi connectivity index (χ0v) is 12.2. The average molecular weight is 318 g/mol. The molecule has 0 aromatic heterocycles. The monoisotopic (exact) mass is 317 g/mol. The molecule has 0 aliphatic carbocycles. The van der Waals surface area contributed by atoms with Crippen LogP contribution < -0.4 is 0 Å². The van der Waals surface area contributed by atoms with Crippen LogP contribution in [0.25, 0.3) is 0 Å². The molecule has 0 bridgehead atoms. The molecule has 18 heavy (non-hydrogen) atoms. The molecule has 0 saturated carbocycles. The van der Waals surface area contributed by atoms with Crippen LogP contribution in [0.15, 0.2) is 22.7 Å². The van der Waals surface area contributed by atoms with Crippen LogP contribution in [0.1, 0.15) is 24.2 Å². The molecule has 1 aromatic carbocycles. The number of carbonyl (C=O) groups is 1. The Bertz CT molecular complexity index is 412. The number of rotatable bonds is 6. The second-order valence-electron chi connectivity index (χ2n) is 3.68. The Morgan fingerprint density at radius 2 is 2.17 bits per heavy atom. The second kappa shape index (κ2) is 7.48. The number of likely N-dealkylation sites (N-methyl/N-ethyl adjacent to an activating group) is 1. The van der Waals surface area contributed by atoms with Crippen molar-refractivity contribution in [3.05, 3.63) is 34.1 Å². The van der Waals surface area contributed by atoms with Gasteiger partial charge in [0.15, 0.2) is 0 Å². The van der Waals surface area contributed by atoms with E-state index in [0.29, 0.717) is 31.9 Å². The molecule has 0 aliphatic heterocycles. The number of ether oxygens (including phenoxy) is 1. The molecule has 100 valence electrons. The van der Waals surface area contributed by atoms with Gasteiger partial charge in [0.05, 0.1) is 16.6 Å². The molecule has 5 heteroatoms. The van der Waals surface area contributed by atoms with Crippen LogP contribution in [0.5, 0.6) is 0 Å². The summed E-state index contributed by atoms with van der Waals surface area (Å²) in [5.74, 6) is -0.620. The van der Waals surface area contributed by atoms with Gasteiger partial charge >= 0.3 is 0 Å². The number of amides is 1. The molecule has 0 unspecified atom stereocenters. The standard InChI is InChI=1S/C13H17BrFNO2/c1-3-16(8-9-18-4-2)13(17)10-6-5-7-11(15)12(10)14/h5-7H,3-4,8-9H2,1-2H3. The lowest BCUT2D eigenvalue weighted by molar-refractivity contribution is 0.0668. The van der Waals surface area contributed by atoms with Gasteiger partial charge in [0, 0.05) is 19.7 Å². The minimum absolute atomic E-state index is 0.191. The molecule has 1 rings (SSSR count). The van der Waals surface area contributed by atoms with Crippen molar-refractivity contribution in [2.75, 3.05) is 26.3 Å². The Kier molecular flexibility index (Phi) is 6.29. The van der Waals surface area contributed by atoms with Gasteiger partial charge in [0.1, 0.15) is 5.82 Å². The number of nitrogens with zero attached hydrogens (tertiary/aromatic N) is 1. The van der Waals surface area contributed by atoms with E-state index in [9.17, 15) is 9.18 Å². The maximum atomic E-state index is 13.4. The lowest BCUT2D eigenvalue weighted by atomic mass is 10.2. The molecule has 0 heterocycles. The first kappa shape index (κ1) is 15.1. The normalized spacial score (nSPS) is 10.4. The summed E-state index contributed by atoms with van der Waals surface area (Å²) in [6, 6.07) is 4.46. The maximum Gasteiger partial charge on any atom is 0.255 e. The second-order valence-corrected chi connectivity index (χ2v) is 4.48. The van der Waals surface area contributed by atoms with Crippen molar-refractivity contribution in [3.8, 4) is 0 Å². The molecular formula is C13H17BrFNO2. The van der Waals surface area contributed by atoms with Gasteiger partial charge in [0.2, 0.25) is 0 Å². The molecule has 0 N–H and O–H groups in total. The van der Waals surface area contributed by atoms with Gasteiger partial charge in [-0.2, -0.15) is 0 Å². The van der Waals surface area contributed by atoms with Crippen LogP contribution in [-0.2, 0) is 4.74 Å². The van der Waals surface area contributed by atoms with E-state index in [1.54, 1.807) is 11.0 Å². The van der Waals surface area contributed by atoms with Crippen LogP contribution in [0.3, 0.4) is 0 Å². The fourth-order valence-electron chi connectivity index (χ4n) is 1.56. The molecule has 0 saturated heterocycles. The SMILES string of the molecule is CCOCCN(CC)C(=O)c1cccc(F)c1Br. The molecule has 0 fully saturated rings. The molecule has 1 aromatic rings. The molecule has 0 spiro atoms. The first-order valence-corrected chi connectivity index (χ1v) is 6.72. The van der Waals surface area contributed by atoms with E-state index in [-0.39, 0.29) is 10.4 Å². The summed E-state index contributed by atoms with van der Waals surface area (Å²) in [7, 11) is 0. The van der Waals surface area contributed by atoms with E-state index in [4.69, 9.17) is 4.74 Å². The molecule has 1 amide bonds. The number of carbonyl (C=O) groups excluding carboxylic acids is 1. The van der Waals surface area contributed by atoms with E-state index >= 15 is 0 Å². The van der Waals surface area contributed by atoms with E-state index in [1.807, 2.05) is 13.8 Å². The van der Waals surface area contributed by atoms with Crippen LogP contribution in [0.2, 0.25) is 0 Å². The van der Waals surface area contributed by atoms with Gasteiger partial charge < -0.3 is 9.64 Å². The summed E-state index contributed by atoms with van der Waals surface area (Å²) in [5.41, 5.74) is 0.341.